The van der Waals surface area contributed by atoms with Crippen molar-refractivity contribution in [3.05, 3.63) is 75.8 Å². The summed E-state index contributed by atoms with van der Waals surface area (Å²) in [6.45, 7) is 6.44. The lowest BCUT2D eigenvalue weighted by atomic mass is 10.1. The Balaban J connectivity index is 0.00000341. The second-order valence-corrected chi connectivity index (χ2v) is 7.13. The largest absolute Gasteiger partial charge is 0.379 e. The van der Waals surface area contributed by atoms with E-state index in [2.05, 4.69) is 32.7 Å². The quantitative estimate of drug-likeness (QED) is 0.168. The molecule has 2 aromatic rings. The van der Waals surface area contributed by atoms with Gasteiger partial charge in [-0.2, -0.15) is 0 Å². The number of hydrogen-bond acceptors (Lipinski definition) is 5. The summed E-state index contributed by atoms with van der Waals surface area (Å²) in [5, 5.41) is 17.6. The van der Waals surface area contributed by atoms with Crippen LogP contribution in [0.2, 0.25) is 0 Å². The van der Waals surface area contributed by atoms with E-state index in [0.29, 0.717) is 6.54 Å². The molecule has 1 heterocycles. The summed E-state index contributed by atoms with van der Waals surface area (Å²) in [4.78, 5) is 17.4. The lowest BCUT2D eigenvalue weighted by molar-refractivity contribution is -0.384. The third-order valence-corrected chi connectivity index (χ3v) is 4.94. The summed E-state index contributed by atoms with van der Waals surface area (Å²) in [6.07, 6.45) is 0.905. The lowest BCUT2D eigenvalue weighted by Gasteiger charge is -2.26. The van der Waals surface area contributed by atoms with Crippen molar-refractivity contribution in [3.63, 3.8) is 0 Å². The van der Waals surface area contributed by atoms with Crippen molar-refractivity contribution in [2.45, 2.75) is 13.0 Å². The van der Waals surface area contributed by atoms with Crippen LogP contribution in [0.3, 0.4) is 0 Å². The first kappa shape index (κ1) is 25.0. The molecule has 0 unspecified atom stereocenters. The van der Waals surface area contributed by atoms with Gasteiger partial charge in [0.2, 0.25) is 0 Å². The van der Waals surface area contributed by atoms with Crippen LogP contribution in [0.4, 0.5) is 5.69 Å². The van der Waals surface area contributed by atoms with Gasteiger partial charge in [-0.15, -0.1) is 24.0 Å². The standard InChI is InChI=1S/C22H29N5O3.HI/c28-27(29)21-8-6-20(7-9-21)18-25-22(23-11-10-19-4-2-1-3-5-19)24-12-13-26-14-16-30-17-15-26;/h1-9H,10-18H2,(H2,23,24,25);1H. The molecule has 1 fully saturated rings. The molecule has 8 nitrogen and oxygen atoms in total. The molecule has 0 amide bonds. The molecule has 0 aliphatic carbocycles. The van der Waals surface area contributed by atoms with Crippen LogP contribution < -0.4 is 10.6 Å². The molecule has 3 rings (SSSR count). The average molecular weight is 539 g/mol. The third kappa shape index (κ3) is 9.19. The normalized spacial score (nSPS) is 14.5. The minimum atomic E-state index is -0.392. The molecule has 0 atom stereocenters. The summed E-state index contributed by atoms with van der Waals surface area (Å²) in [5.41, 5.74) is 2.29. The monoisotopic (exact) mass is 539 g/mol. The van der Waals surface area contributed by atoms with Crippen molar-refractivity contribution < 1.29 is 9.66 Å². The minimum absolute atomic E-state index is 0. The van der Waals surface area contributed by atoms with Gasteiger partial charge in [-0.25, -0.2) is 4.99 Å². The van der Waals surface area contributed by atoms with E-state index in [1.807, 2.05) is 18.2 Å². The SMILES string of the molecule is I.O=[N+]([O-])c1ccc(CN=C(NCCc2ccccc2)NCCN2CCOCC2)cc1. The number of benzene rings is 2. The Bertz CT molecular complexity index is 812. The van der Waals surface area contributed by atoms with E-state index in [4.69, 9.17) is 4.74 Å². The Hall–Kier alpha value is -2.24. The van der Waals surface area contributed by atoms with Gasteiger partial charge in [0.15, 0.2) is 5.96 Å². The number of non-ortho nitro benzene ring substituents is 1. The summed E-state index contributed by atoms with van der Waals surface area (Å²) < 4.78 is 5.39. The number of nitrogens with one attached hydrogen (secondary N) is 2. The van der Waals surface area contributed by atoms with Gasteiger partial charge < -0.3 is 15.4 Å². The number of rotatable bonds is 9. The van der Waals surface area contributed by atoms with E-state index < -0.39 is 4.92 Å². The van der Waals surface area contributed by atoms with Crippen LogP contribution in [0.15, 0.2) is 59.6 Å². The maximum Gasteiger partial charge on any atom is 0.269 e. The first-order chi connectivity index (χ1) is 14.7. The van der Waals surface area contributed by atoms with Crippen LogP contribution >= 0.6 is 24.0 Å². The zero-order valence-electron chi connectivity index (χ0n) is 17.5. The molecule has 1 aliphatic heterocycles. The third-order valence-electron chi connectivity index (χ3n) is 4.94. The first-order valence-electron chi connectivity index (χ1n) is 10.3. The predicted molar refractivity (Wildman–Crippen MR) is 133 cm³/mol. The molecule has 0 saturated carbocycles. The summed E-state index contributed by atoms with van der Waals surface area (Å²) in [6, 6.07) is 16.8. The molecule has 2 aromatic carbocycles. The number of nitro benzene ring substituents is 1. The maximum atomic E-state index is 10.8. The number of nitrogens with zero attached hydrogens (tertiary/aromatic N) is 3. The Morgan fingerprint density at radius 3 is 2.35 bits per heavy atom. The lowest BCUT2D eigenvalue weighted by Crippen LogP contribution is -2.44. The Labute approximate surface area is 200 Å². The Morgan fingerprint density at radius 1 is 1.00 bits per heavy atom. The number of halogens is 1. The maximum absolute atomic E-state index is 10.8. The summed E-state index contributed by atoms with van der Waals surface area (Å²) in [7, 11) is 0. The van der Waals surface area contributed by atoms with Crippen molar-refractivity contribution >= 4 is 35.6 Å². The van der Waals surface area contributed by atoms with Crippen molar-refractivity contribution in [1.82, 2.24) is 15.5 Å². The van der Waals surface area contributed by atoms with E-state index in [9.17, 15) is 10.1 Å². The number of hydrogen-bond donors (Lipinski definition) is 2. The topological polar surface area (TPSA) is 92.0 Å². The van der Waals surface area contributed by atoms with Crippen LogP contribution in [-0.4, -0.2) is 61.7 Å². The van der Waals surface area contributed by atoms with Crippen molar-refractivity contribution in [2.24, 2.45) is 4.99 Å². The number of nitro groups is 1. The van der Waals surface area contributed by atoms with Gasteiger partial charge in [0.05, 0.1) is 24.7 Å². The second kappa shape index (κ2) is 13.9. The van der Waals surface area contributed by atoms with Crippen molar-refractivity contribution in [2.75, 3.05) is 45.9 Å². The average Bonchev–Trinajstić information content (AvgIpc) is 2.79. The van der Waals surface area contributed by atoms with Crippen LogP contribution in [-0.2, 0) is 17.7 Å². The van der Waals surface area contributed by atoms with Crippen molar-refractivity contribution in [3.8, 4) is 0 Å². The van der Waals surface area contributed by atoms with E-state index in [0.717, 1.165) is 63.9 Å². The van der Waals surface area contributed by atoms with Gasteiger partial charge in [0.25, 0.3) is 5.69 Å². The van der Waals surface area contributed by atoms with E-state index in [1.54, 1.807) is 12.1 Å². The van der Waals surface area contributed by atoms with Gasteiger partial charge in [0.1, 0.15) is 0 Å². The highest BCUT2D eigenvalue weighted by molar-refractivity contribution is 14.0. The fourth-order valence-electron chi connectivity index (χ4n) is 3.19. The molecular formula is C22H30IN5O3. The molecule has 1 saturated heterocycles. The highest BCUT2D eigenvalue weighted by Gasteiger charge is 2.10. The zero-order chi connectivity index (χ0) is 21.0. The van der Waals surface area contributed by atoms with Gasteiger partial charge >= 0.3 is 0 Å². The fourth-order valence-corrected chi connectivity index (χ4v) is 3.19. The van der Waals surface area contributed by atoms with Crippen molar-refractivity contribution in [1.29, 1.82) is 0 Å². The van der Waals surface area contributed by atoms with Gasteiger partial charge in [-0.3, -0.25) is 15.0 Å². The molecule has 31 heavy (non-hydrogen) atoms. The predicted octanol–water partition coefficient (Wildman–Crippen LogP) is 2.82. The molecule has 0 spiro atoms. The second-order valence-electron chi connectivity index (χ2n) is 7.13. The summed E-state index contributed by atoms with van der Waals surface area (Å²) >= 11 is 0. The number of aliphatic imine (C=N–C) groups is 1. The highest BCUT2D eigenvalue weighted by atomic mass is 127. The molecule has 0 radical (unpaired) electrons. The molecule has 168 valence electrons. The number of morpholine rings is 1. The Kier molecular flexibility index (Phi) is 11.3. The van der Waals surface area contributed by atoms with Gasteiger partial charge in [-0.1, -0.05) is 42.5 Å². The molecule has 9 heteroatoms. The van der Waals surface area contributed by atoms with Gasteiger partial charge in [0, 0.05) is 44.9 Å². The fraction of sp³-hybridized carbons (Fsp3) is 0.409. The number of guanidine groups is 1. The van der Waals surface area contributed by atoms with Crippen LogP contribution in [0, 0.1) is 10.1 Å². The molecule has 0 aromatic heterocycles. The minimum Gasteiger partial charge on any atom is -0.379 e. The highest BCUT2D eigenvalue weighted by Crippen LogP contribution is 2.12. The zero-order valence-corrected chi connectivity index (χ0v) is 19.9. The van der Waals surface area contributed by atoms with Crippen LogP contribution in [0.5, 0.6) is 0 Å². The first-order valence-corrected chi connectivity index (χ1v) is 10.3. The van der Waals surface area contributed by atoms with E-state index in [-0.39, 0.29) is 29.7 Å². The van der Waals surface area contributed by atoms with Crippen LogP contribution in [0.1, 0.15) is 11.1 Å². The molecular weight excluding hydrogens is 509 g/mol. The van der Waals surface area contributed by atoms with E-state index >= 15 is 0 Å². The summed E-state index contributed by atoms with van der Waals surface area (Å²) in [5.74, 6) is 0.748. The van der Waals surface area contributed by atoms with Gasteiger partial charge in [-0.05, 0) is 17.5 Å². The Morgan fingerprint density at radius 2 is 1.68 bits per heavy atom. The van der Waals surface area contributed by atoms with Crippen LogP contribution in [0.25, 0.3) is 0 Å². The smallest absolute Gasteiger partial charge is 0.269 e. The molecule has 2 N–H and O–H groups in total. The molecule has 0 bridgehead atoms. The number of ether oxygens (including phenoxy) is 1. The van der Waals surface area contributed by atoms with E-state index in [1.165, 1.54) is 17.7 Å². The molecule has 1 aliphatic rings.